The maximum atomic E-state index is 13.5. The molecule has 2 heterocycles. The number of aromatic nitrogens is 1. The summed E-state index contributed by atoms with van der Waals surface area (Å²) in [5.41, 5.74) is 1.53. The number of carbonyl (C=O) groups is 2. The van der Waals surface area contributed by atoms with E-state index in [-0.39, 0.29) is 17.9 Å². The zero-order valence-electron chi connectivity index (χ0n) is 21.8. The van der Waals surface area contributed by atoms with Crippen LogP contribution in [0, 0.1) is 0 Å². The molecule has 1 aliphatic heterocycles. The number of benzene rings is 2. The second kappa shape index (κ2) is 11.7. The van der Waals surface area contributed by atoms with E-state index in [0.717, 1.165) is 12.0 Å². The summed E-state index contributed by atoms with van der Waals surface area (Å²) in [6.45, 7) is 2.59. The fourth-order valence-electron chi connectivity index (χ4n) is 4.45. The Balaban J connectivity index is 1.91. The van der Waals surface area contributed by atoms with Gasteiger partial charge in [0.05, 0.1) is 39.6 Å². The molecule has 1 aliphatic rings. The smallest absolute Gasteiger partial charge is 0.295 e. The van der Waals surface area contributed by atoms with Crippen LogP contribution in [0.3, 0.4) is 0 Å². The number of Topliss-reactive ketones (excluding diaryl/α,β-unsaturated/α-hetero) is 1. The Labute approximate surface area is 221 Å². The molecule has 0 saturated carbocycles. The number of pyridine rings is 1. The second-order valence-electron chi connectivity index (χ2n) is 8.62. The summed E-state index contributed by atoms with van der Waals surface area (Å²) in [6, 6.07) is 12.8. The molecule has 1 unspecified atom stereocenters. The summed E-state index contributed by atoms with van der Waals surface area (Å²) in [4.78, 5) is 32.4. The van der Waals surface area contributed by atoms with Crippen LogP contribution in [0.15, 0.2) is 66.5 Å². The molecular weight excluding hydrogens is 488 g/mol. The molecule has 0 radical (unpaired) electrons. The zero-order valence-corrected chi connectivity index (χ0v) is 21.8. The van der Waals surface area contributed by atoms with Crippen LogP contribution in [0.4, 0.5) is 0 Å². The maximum Gasteiger partial charge on any atom is 0.295 e. The van der Waals surface area contributed by atoms with Crippen molar-refractivity contribution in [1.82, 2.24) is 9.88 Å². The van der Waals surface area contributed by atoms with Crippen LogP contribution in [0.25, 0.3) is 5.76 Å². The third kappa shape index (κ3) is 5.13. The average molecular weight is 519 g/mol. The maximum absolute atomic E-state index is 13.5. The topological polar surface area (TPSA) is 107 Å². The summed E-state index contributed by atoms with van der Waals surface area (Å²) >= 11 is 0. The first kappa shape index (κ1) is 26.5. The molecule has 1 atom stereocenters. The van der Waals surface area contributed by atoms with E-state index >= 15 is 0 Å². The summed E-state index contributed by atoms with van der Waals surface area (Å²) in [7, 11) is 4.45. The number of likely N-dealkylation sites (tertiary alicyclic amines) is 1. The van der Waals surface area contributed by atoms with Crippen molar-refractivity contribution in [2.75, 3.05) is 27.9 Å². The van der Waals surface area contributed by atoms with E-state index in [1.54, 1.807) is 54.9 Å². The number of carbonyl (C=O) groups excluding carboxylic acids is 2. The van der Waals surface area contributed by atoms with Crippen molar-refractivity contribution in [2.45, 2.75) is 25.9 Å². The molecule has 3 aromatic rings. The summed E-state index contributed by atoms with van der Waals surface area (Å²) in [5, 5.41) is 11.5. The fraction of sp³-hybridized carbons (Fsp3) is 0.276. The third-order valence-corrected chi connectivity index (χ3v) is 6.20. The van der Waals surface area contributed by atoms with E-state index in [1.165, 1.54) is 26.2 Å². The number of hydrogen-bond acceptors (Lipinski definition) is 8. The highest BCUT2D eigenvalue weighted by molar-refractivity contribution is 6.46. The number of rotatable bonds is 10. The molecule has 1 saturated heterocycles. The minimum Gasteiger partial charge on any atom is -0.507 e. The van der Waals surface area contributed by atoms with Crippen molar-refractivity contribution in [1.29, 1.82) is 0 Å². The molecule has 198 valence electrons. The van der Waals surface area contributed by atoms with Crippen LogP contribution >= 0.6 is 0 Å². The lowest BCUT2D eigenvalue weighted by atomic mass is 9.94. The van der Waals surface area contributed by atoms with Crippen molar-refractivity contribution in [3.05, 3.63) is 83.2 Å². The Morgan fingerprint density at radius 2 is 1.74 bits per heavy atom. The molecule has 1 N–H and O–H groups in total. The Morgan fingerprint density at radius 3 is 2.34 bits per heavy atom. The molecule has 0 spiro atoms. The number of ether oxygens (including phenoxy) is 4. The van der Waals surface area contributed by atoms with Gasteiger partial charge in [-0.25, -0.2) is 0 Å². The van der Waals surface area contributed by atoms with Crippen LogP contribution < -0.4 is 18.9 Å². The van der Waals surface area contributed by atoms with Gasteiger partial charge in [0.15, 0.2) is 11.5 Å². The predicted molar refractivity (Wildman–Crippen MR) is 140 cm³/mol. The molecule has 9 nitrogen and oxygen atoms in total. The van der Waals surface area contributed by atoms with Gasteiger partial charge in [-0.15, -0.1) is 0 Å². The first-order valence-corrected chi connectivity index (χ1v) is 12.1. The van der Waals surface area contributed by atoms with Gasteiger partial charge in [-0.05, 0) is 47.9 Å². The van der Waals surface area contributed by atoms with Gasteiger partial charge >= 0.3 is 0 Å². The molecule has 38 heavy (non-hydrogen) atoms. The standard InChI is InChI=1S/C29H30N2O7/c1-5-12-38-21-10-6-9-19(13-21)26(32)24-25(20-14-22(35-2)28(37-4)23(15-20)36-3)31(29(34)27(24)33)17-18-8-7-11-30-16-18/h6-11,13-16,25,32H,5,12,17H2,1-4H3/b26-24+. The molecule has 1 aromatic heterocycles. The van der Waals surface area contributed by atoms with Crippen molar-refractivity contribution < 1.29 is 33.6 Å². The van der Waals surface area contributed by atoms with Crippen LogP contribution in [0.2, 0.25) is 0 Å². The van der Waals surface area contributed by atoms with Gasteiger partial charge in [0, 0.05) is 24.5 Å². The van der Waals surface area contributed by atoms with Crippen molar-refractivity contribution >= 4 is 17.4 Å². The third-order valence-electron chi connectivity index (χ3n) is 6.20. The van der Waals surface area contributed by atoms with E-state index in [1.807, 2.05) is 13.0 Å². The van der Waals surface area contributed by atoms with Crippen LogP contribution in [0.1, 0.15) is 36.1 Å². The summed E-state index contributed by atoms with van der Waals surface area (Å²) < 4.78 is 22.2. The lowest BCUT2D eigenvalue weighted by Gasteiger charge is -2.26. The highest BCUT2D eigenvalue weighted by Crippen LogP contribution is 2.46. The first-order chi connectivity index (χ1) is 18.4. The number of hydrogen-bond donors (Lipinski definition) is 1. The fourth-order valence-corrected chi connectivity index (χ4v) is 4.45. The van der Waals surface area contributed by atoms with Crippen molar-refractivity contribution in [2.24, 2.45) is 0 Å². The SMILES string of the molecule is CCCOc1cccc(/C(O)=C2\C(=O)C(=O)N(Cc3cccnc3)C2c2cc(OC)c(OC)c(OC)c2)c1. The van der Waals surface area contributed by atoms with Gasteiger partial charge in [0.25, 0.3) is 11.7 Å². The number of aliphatic hydroxyl groups excluding tert-OH is 1. The molecular formula is C29H30N2O7. The monoisotopic (exact) mass is 518 g/mol. The largest absolute Gasteiger partial charge is 0.507 e. The van der Waals surface area contributed by atoms with Gasteiger partial charge < -0.3 is 29.0 Å². The molecule has 1 amide bonds. The number of ketones is 1. The number of nitrogens with zero attached hydrogens (tertiary/aromatic N) is 2. The normalized spacial score (nSPS) is 16.4. The van der Waals surface area contributed by atoms with Gasteiger partial charge in [-0.1, -0.05) is 25.1 Å². The molecule has 9 heteroatoms. The zero-order chi connectivity index (χ0) is 27.2. The molecule has 0 aliphatic carbocycles. The van der Waals surface area contributed by atoms with Crippen LogP contribution in [-0.2, 0) is 16.1 Å². The van der Waals surface area contributed by atoms with Gasteiger partial charge in [0.1, 0.15) is 11.5 Å². The van der Waals surface area contributed by atoms with E-state index in [9.17, 15) is 14.7 Å². The Bertz CT molecular complexity index is 1330. The highest BCUT2D eigenvalue weighted by Gasteiger charge is 2.46. The van der Waals surface area contributed by atoms with Crippen LogP contribution in [-0.4, -0.2) is 54.6 Å². The Morgan fingerprint density at radius 1 is 1.00 bits per heavy atom. The first-order valence-electron chi connectivity index (χ1n) is 12.1. The minimum absolute atomic E-state index is 0.0548. The number of aliphatic hydroxyl groups is 1. The Hall–Kier alpha value is -4.53. The van der Waals surface area contributed by atoms with Crippen LogP contribution in [0.5, 0.6) is 23.0 Å². The molecule has 1 fully saturated rings. The second-order valence-corrected chi connectivity index (χ2v) is 8.62. The highest BCUT2D eigenvalue weighted by atomic mass is 16.5. The van der Waals surface area contributed by atoms with E-state index < -0.39 is 17.7 Å². The summed E-state index contributed by atoms with van der Waals surface area (Å²) in [5.74, 6) is -0.239. The minimum atomic E-state index is -0.941. The van der Waals surface area contributed by atoms with Gasteiger partial charge in [0.2, 0.25) is 5.75 Å². The lowest BCUT2D eigenvalue weighted by Crippen LogP contribution is -2.29. The molecule has 4 rings (SSSR count). The van der Waals surface area contributed by atoms with Gasteiger partial charge in [-0.2, -0.15) is 0 Å². The average Bonchev–Trinajstić information content (AvgIpc) is 3.20. The Kier molecular flexibility index (Phi) is 8.15. The number of amides is 1. The van der Waals surface area contributed by atoms with Crippen molar-refractivity contribution in [3.8, 4) is 23.0 Å². The molecule has 2 aromatic carbocycles. The quantitative estimate of drug-likeness (QED) is 0.237. The summed E-state index contributed by atoms with van der Waals surface area (Å²) in [6.07, 6.45) is 4.07. The van der Waals surface area contributed by atoms with E-state index in [4.69, 9.17) is 18.9 Å². The lowest BCUT2D eigenvalue weighted by molar-refractivity contribution is -0.140. The predicted octanol–water partition coefficient (Wildman–Crippen LogP) is 4.52. The number of methoxy groups -OCH3 is 3. The van der Waals surface area contributed by atoms with Crippen molar-refractivity contribution in [3.63, 3.8) is 0 Å². The van der Waals surface area contributed by atoms with E-state index in [0.29, 0.717) is 40.7 Å². The molecule has 0 bridgehead atoms. The van der Waals surface area contributed by atoms with Gasteiger partial charge in [-0.3, -0.25) is 14.6 Å². The van der Waals surface area contributed by atoms with E-state index in [2.05, 4.69) is 4.98 Å².